The Kier molecular flexibility index (Phi) is 9.55. The van der Waals surface area contributed by atoms with Crippen LogP contribution in [0.15, 0.2) is 0 Å². The predicted molar refractivity (Wildman–Crippen MR) is 44.0 cm³/mol. The Hall–Kier alpha value is -0.390. The third kappa shape index (κ3) is 6.74. The van der Waals surface area contributed by atoms with Crippen molar-refractivity contribution < 1.29 is 23.9 Å². The first-order valence-electron chi connectivity index (χ1n) is 3.38. The summed E-state index contributed by atoms with van der Waals surface area (Å²) in [6.07, 6.45) is -0.560. The van der Waals surface area contributed by atoms with E-state index in [0.29, 0.717) is 0 Å². The van der Waals surface area contributed by atoms with Crippen LogP contribution in [0.4, 0.5) is 0 Å². The van der Waals surface area contributed by atoms with Crippen molar-refractivity contribution in [3.05, 3.63) is 0 Å². The largest absolute Gasteiger partial charge is 0.469 e. The van der Waals surface area contributed by atoms with Crippen molar-refractivity contribution in [2.45, 2.75) is 13.3 Å². The number of Topliss-reactive ketones (excluding diaryl/α,β-unsaturated/α-hetero) is 1. The molecule has 0 saturated carbocycles. The molecular formula is C7H10NaO5. The van der Waals surface area contributed by atoms with E-state index in [1.165, 1.54) is 0 Å². The molecule has 0 heterocycles. The Balaban J connectivity index is 0. The van der Waals surface area contributed by atoms with Gasteiger partial charge in [0.15, 0.2) is 0 Å². The van der Waals surface area contributed by atoms with Crippen molar-refractivity contribution in [3.8, 4) is 0 Å². The van der Waals surface area contributed by atoms with Gasteiger partial charge in [0.1, 0.15) is 6.42 Å². The molecule has 0 spiro atoms. The molecule has 0 bridgehead atoms. The molecular weight excluding hydrogens is 187 g/mol. The van der Waals surface area contributed by atoms with Gasteiger partial charge in [-0.1, -0.05) is 0 Å². The van der Waals surface area contributed by atoms with Crippen LogP contribution in [-0.4, -0.2) is 61.0 Å². The zero-order valence-electron chi connectivity index (χ0n) is 7.96. The number of hydrogen-bond acceptors (Lipinski definition) is 5. The molecule has 0 N–H and O–H groups in total. The third-order valence-electron chi connectivity index (χ3n) is 1.04. The normalized spacial score (nSPS) is 8.15. The Labute approximate surface area is 98.1 Å². The molecule has 0 aromatic heterocycles. The van der Waals surface area contributed by atoms with Crippen molar-refractivity contribution in [2.75, 3.05) is 13.7 Å². The molecule has 69 valence electrons. The molecule has 0 aromatic rings. The molecule has 0 aliphatic rings. The summed E-state index contributed by atoms with van der Waals surface area (Å²) in [5, 5.41) is 0. The number of rotatable bonds is 4. The van der Waals surface area contributed by atoms with Crippen LogP contribution in [0.5, 0.6) is 0 Å². The predicted octanol–water partition coefficient (Wildman–Crippen LogP) is -0.699. The molecule has 0 saturated heterocycles. The van der Waals surface area contributed by atoms with Gasteiger partial charge in [0, 0.05) is 29.6 Å². The van der Waals surface area contributed by atoms with Gasteiger partial charge in [-0.2, -0.15) is 0 Å². The van der Waals surface area contributed by atoms with Crippen molar-refractivity contribution in [2.24, 2.45) is 0 Å². The molecule has 0 aliphatic heterocycles. The van der Waals surface area contributed by atoms with E-state index < -0.39 is 24.1 Å². The van der Waals surface area contributed by atoms with Gasteiger partial charge < -0.3 is 9.47 Å². The molecule has 0 unspecified atom stereocenters. The van der Waals surface area contributed by atoms with Crippen LogP contribution in [0, 0.1) is 0 Å². The van der Waals surface area contributed by atoms with Gasteiger partial charge in [-0.3, -0.25) is 9.59 Å². The van der Waals surface area contributed by atoms with Crippen LogP contribution in [0.25, 0.3) is 0 Å². The first-order valence-corrected chi connectivity index (χ1v) is 3.38. The number of ketones is 1. The Morgan fingerprint density at radius 2 is 1.77 bits per heavy atom. The van der Waals surface area contributed by atoms with Gasteiger partial charge in [0.2, 0.25) is 0 Å². The summed E-state index contributed by atoms with van der Waals surface area (Å²) in [5.41, 5.74) is 0. The SMILES string of the molecule is CCOC(=O)C(=O)CC(=O)OC.[Na]. The maximum atomic E-state index is 10.7. The fraction of sp³-hybridized carbons (Fsp3) is 0.571. The second-order valence-electron chi connectivity index (χ2n) is 1.90. The molecule has 0 aliphatic carbocycles. The van der Waals surface area contributed by atoms with E-state index in [0.717, 1.165) is 7.11 Å². The monoisotopic (exact) mass is 197 g/mol. The molecule has 0 fully saturated rings. The van der Waals surface area contributed by atoms with Crippen LogP contribution >= 0.6 is 0 Å². The number of ether oxygens (including phenoxy) is 2. The Bertz CT molecular complexity index is 201. The topological polar surface area (TPSA) is 69.7 Å². The second kappa shape index (κ2) is 8.22. The summed E-state index contributed by atoms with van der Waals surface area (Å²) < 4.78 is 8.53. The maximum absolute atomic E-state index is 10.7. The molecule has 13 heavy (non-hydrogen) atoms. The molecule has 0 rings (SSSR count). The first-order chi connectivity index (χ1) is 5.61. The van der Waals surface area contributed by atoms with Gasteiger partial charge in [-0.05, 0) is 6.92 Å². The molecule has 0 amide bonds. The molecule has 5 nitrogen and oxygen atoms in total. The van der Waals surface area contributed by atoms with Gasteiger partial charge in [-0.25, -0.2) is 4.79 Å². The van der Waals surface area contributed by atoms with Crippen molar-refractivity contribution in [1.82, 2.24) is 0 Å². The Morgan fingerprint density at radius 1 is 1.23 bits per heavy atom. The van der Waals surface area contributed by atoms with E-state index in [1.54, 1.807) is 6.92 Å². The summed E-state index contributed by atoms with van der Waals surface area (Å²) in [4.78, 5) is 31.8. The number of carbonyl (C=O) groups is 3. The number of hydrogen-bond donors (Lipinski definition) is 0. The summed E-state index contributed by atoms with van der Waals surface area (Å²) in [6, 6.07) is 0. The van der Waals surface area contributed by atoms with Gasteiger partial charge in [0.25, 0.3) is 5.78 Å². The van der Waals surface area contributed by atoms with Crippen LogP contribution in [0.1, 0.15) is 13.3 Å². The van der Waals surface area contributed by atoms with Crippen molar-refractivity contribution >= 4 is 47.3 Å². The quantitative estimate of drug-likeness (QED) is 0.258. The van der Waals surface area contributed by atoms with Gasteiger partial charge in [0.05, 0.1) is 13.7 Å². The molecule has 6 heteroatoms. The Morgan fingerprint density at radius 3 is 2.15 bits per heavy atom. The minimum Gasteiger partial charge on any atom is -0.469 e. The van der Waals surface area contributed by atoms with Crippen LogP contribution in [0.2, 0.25) is 0 Å². The fourth-order valence-corrected chi connectivity index (χ4v) is 0.487. The minimum absolute atomic E-state index is 0. The van der Waals surface area contributed by atoms with Crippen molar-refractivity contribution in [3.63, 3.8) is 0 Å². The van der Waals surface area contributed by atoms with Crippen LogP contribution < -0.4 is 0 Å². The summed E-state index contributed by atoms with van der Waals surface area (Å²) in [6.45, 7) is 1.69. The van der Waals surface area contributed by atoms with E-state index in [2.05, 4.69) is 9.47 Å². The summed E-state index contributed by atoms with van der Waals surface area (Å²) in [5.74, 6) is -2.63. The summed E-state index contributed by atoms with van der Waals surface area (Å²) >= 11 is 0. The number of esters is 2. The first kappa shape index (κ1) is 15.1. The van der Waals surface area contributed by atoms with E-state index in [9.17, 15) is 14.4 Å². The van der Waals surface area contributed by atoms with E-state index in [4.69, 9.17) is 0 Å². The number of methoxy groups -OCH3 is 1. The smallest absolute Gasteiger partial charge is 0.375 e. The van der Waals surface area contributed by atoms with E-state index >= 15 is 0 Å². The zero-order chi connectivity index (χ0) is 9.56. The van der Waals surface area contributed by atoms with E-state index in [-0.39, 0.29) is 36.2 Å². The standard InChI is InChI=1S/C7H10O5.Na/c1-3-12-7(10)5(8)4-6(9)11-2;/h3-4H2,1-2H3;. The van der Waals surface area contributed by atoms with E-state index in [1.807, 2.05) is 0 Å². The average molecular weight is 197 g/mol. The zero-order valence-corrected chi connectivity index (χ0v) is 9.96. The third-order valence-corrected chi connectivity index (χ3v) is 1.04. The average Bonchev–Trinajstić information content (AvgIpc) is 2.04. The second-order valence-corrected chi connectivity index (χ2v) is 1.90. The van der Waals surface area contributed by atoms with Crippen LogP contribution in [-0.2, 0) is 23.9 Å². The molecule has 0 atom stereocenters. The molecule has 0 aromatic carbocycles. The van der Waals surface area contributed by atoms with Crippen molar-refractivity contribution in [1.29, 1.82) is 0 Å². The van der Waals surface area contributed by atoms with Crippen LogP contribution in [0.3, 0.4) is 0 Å². The fourth-order valence-electron chi connectivity index (χ4n) is 0.487. The minimum atomic E-state index is -0.997. The van der Waals surface area contributed by atoms with Gasteiger partial charge in [-0.15, -0.1) is 0 Å². The summed E-state index contributed by atoms with van der Waals surface area (Å²) in [7, 11) is 1.14. The number of carbonyl (C=O) groups excluding carboxylic acids is 3. The van der Waals surface area contributed by atoms with Gasteiger partial charge >= 0.3 is 11.9 Å². The maximum Gasteiger partial charge on any atom is 0.375 e. The molecule has 1 radical (unpaired) electrons.